The molecule has 0 saturated carbocycles. The van der Waals surface area contributed by atoms with Gasteiger partial charge in [-0.2, -0.15) is 0 Å². The van der Waals surface area contributed by atoms with Gasteiger partial charge in [-0.05, 0) is 64.7 Å². The molecule has 0 atom stereocenters. The van der Waals surface area contributed by atoms with Gasteiger partial charge >= 0.3 is 0 Å². The summed E-state index contributed by atoms with van der Waals surface area (Å²) in [5, 5.41) is 2.26. The highest BCUT2D eigenvalue weighted by Crippen LogP contribution is 2.40. The van der Waals surface area contributed by atoms with Crippen molar-refractivity contribution in [3.8, 4) is 22.3 Å². The van der Waals surface area contributed by atoms with Gasteiger partial charge in [0.1, 0.15) is 11.2 Å². The van der Waals surface area contributed by atoms with Crippen molar-refractivity contribution in [1.29, 1.82) is 0 Å². The summed E-state index contributed by atoms with van der Waals surface area (Å²) < 4.78 is 6.26. The van der Waals surface area contributed by atoms with Crippen molar-refractivity contribution in [2.75, 3.05) is 4.90 Å². The van der Waals surface area contributed by atoms with Crippen LogP contribution in [-0.2, 0) is 0 Å². The van der Waals surface area contributed by atoms with Gasteiger partial charge in [0, 0.05) is 33.9 Å². The standard InChI is InChI=1S/C36H25NO/c1-3-10-26(11-4-1)28-18-20-30(21-19-28)37(31-15-9-14-29(24-31)27-12-5-2-6-13-27)32-22-23-34-33-16-7-8-17-35(33)38-36(34)25-32/h1-25H. The summed E-state index contributed by atoms with van der Waals surface area (Å²) in [6.07, 6.45) is 0. The molecule has 7 aromatic rings. The van der Waals surface area contributed by atoms with Crippen molar-refractivity contribution in [3.05, 3.63) is 152 Å². The average Bonchev–Trinajstić information content (AvgIpc) is 3.37. The smallest absolute Gasteiger partial charge is 0.137 e. The van der Waals surface area contributed by atoms with Crippen LogP contribution in [-0.4, -0.2) is 0 Å². The molecule has 1 aromatic heterocycles. The Bertz CT molecular complexity index is 1850. The van der Waals surface area contributed by atoms with Crippen LogP contribution in [0.4, 0.5) is 17.1 Å². The van der Waals surface area contributed by atoms with E-state index in [2.05, 4.69) is 138 Å². The van der Waals surface area contributed by atoms with Crippen LogP contribution >= 0.6 is 0 Å². The number of furan rings is 1. The van der Waals surface area contributed by atoms with E-state index in [0.29, 0.717) is 0 Å². The molecule has 0 aliphatic rings. The fourth-order valence-corrected chi connectivity index (χ4v) is 5.19. The lowest BCUT2D eigenvalue weighted by Crippen LogP contribution is -2.10. The molecule has 7 rings (SSSR count). The highest BCUT2D eigenvalue weighted by molar-refractivity contribution is 6.06. The third-order valence-corrected chi connectivity index (χ3v) is 7.06. The van der Waals surface area contributed by atoms with Crippen molar-refractivity contribution >= 4 is 39.0 Å². The van der Waals surface area contributed by atoms with Gasteiger partial charge < -0.3 is 9.32 Å². The number of hydrogen-bond donors (Lipinski definition) is 0. The number of anilines is 3. The molecule has 0 spiro atoms. The van der Waals surface area contributed by atoms with Crippen molar-refractivity contribution in [1.82, 2.24) is 0 Å². The Morgan fingerprint density at radius 2 is 0.895 bits per heavy atom. The molecule has 180 valence electrons. The van der Waals surface area contributed by atoms with E-state index in [0.717, 1.165) is 39.0 Å². The minimum atomic E-state index is 0.883. The third kappa shape index (κ3) is 4.03. The molecule has 2 nitrogen and oxygen atoms in total. The fraction of sp³-hybridized carbons (Fsp3) is 0. The van der Waals surface area contributed by atoms with Gasteiger partial charge in [0.25, 0.3) is 0 Å². The molecule has 2 heteroatoms. The Labute approximate surface area is 222 Å². The lowest BCUT2D eigenvalue weighted by Gasteiger charge is -2.26. The van der Waals surface area contributed by atoms with Gasteiger partial charge in [-0.3, -0.25) is 0 Å². The Morgan fingerprint density at radius 1 is 0.342 bits per heavy atom. The quantitative estimate of drug-likeness (QED) is 0.240. The maximum Gasteiger partial charge on any atom is 0.137 e. The molecule has 0 saturated heterocycles. The highest BCUT2D eigenvalue weighted by atomic mass is 16.3. The average molecular weight is 488 g/mol. The van der Waals surface area contributed by atoms with Gasteiger partial charge in [0.15, 0.2) is 0 Å². The zero-order chi connectivity index (χ0) is 25.3. The zero-order valence-electron chi connectivity index (χ0n) is 20.8. The third-order valence-electron chi connectivity index (χ3n) is 7.06. The first-order valence-corrected chi connectivity index (χ1v) is 12.9. The van der Waals surface area contributed by atoms with Crippen LogP contribution in [0.5, 0.6) is 0 Å². The summed E-state index contributed by atoms with van der Waals surface area (Å²) in [4.78, 5) is 2.30. The number of rotatable bonds is 5. The second-order valence-electron chi connectivity index (χ2n) is 9.44. The zero-order valence-corrected chi connectivity index (χ0v) is 20.8. The fourth-order valence-electron chi connectivity index (χ4n) is 5.19. The van der Waals surface area contributed by atoms with Crippen molar-refractivity contribution < 1.29 is 4.42 Å². The highest BCUT2D eigenvalue weighted by Gasteiger charge is 2.16. The van der Waals surface area contributed by atoms with Gasteiger partial charge in [-0.1, -0.05) is 103 Å². The van der Waals surface area contributed by atoms with E-state index >= 15 is 0 Å². The minimum absolute atomic E-state index is 0.883. The van der Waals surface area contributed by atoms with E-state index < -0.39 is 0 Å². The van der Waals surface area contributed by atoms with E-state index in [4.69, 9.17) is 4.42 Å². The maximum absolute atomic E-state index is 6.26. The molecule has 0 amide bonds. The molecular formula is C36H25NO. The molecule has 38 heavy (non-hydrogen) atoms. The molecule has 0 radical (unpaired) electrons. The molecule has 0 fully saturated rings. The number of fused-ring (bicyclic) bond motifs is 3. The van der Waals surface area contributed by atoms with Crippen LogP contribution in [0.2, 0.25) is 0 Å². The minimum Gasteiger partial charge on any atom is -0.456 e. The van der Waals surface area contributed by atoms with Crippen molar-refractivity contribution in [3.63, 3.8) is 0 Å². The Balaban J connectivity index is 1.38. The summed E-state index contributed by atoms with van der Waals surface area (Å²) in [7, 11) is 0. The molecule has 6 aromatic carbocycles. The second kappa shape index (κ2) is 9.42. The normalized spacial score (nSPS) is 11.2. The Hall–Kier alpha value is -5.08. The van der Waals surface area contributed by atoms with E-state index in [-0.39, 0.29) is 0 Å². The predicted molar refractivity (Wildman–Crippen MR) is 159 cm³/mol. The van der Waals surface area contributed by atoms with Gasteiger partial charge in [-0.25, -0.2) is 0 Å². The van der Waals surface area contributed by atoms with E-state index in [1.807, 2.05) is 18.2 Å². The van der Waals surface area contributed by atoms with E-state index in [1.165, 1.54) is 22.3 Å². The van der Waals surface area contributed by atoms with Crippen molar-refractivity contribution in [2.45, 2.75) is 0 Å². The summed E-state index contributed by atoms with van der Waals surface area (Å²) in [5.74, 6) is 0. The molecule has 0 aliphatic heterocycles. The molecular weight excluding hydrogens is 462 g/mol. The first kappa shape index (κ1) is 22.1. The molecule has 0 aliphatic carbocycles. The second-order valence-corrected chi connectivity index (χ2v) is 9.44. The number of benzene rings is 6. The summed E-state index contributed by atoms with van der Waals surface area (Å²) in [6, 6.07) is 53.2. The number of nitrogens with zero attached hydrogens (tertiary/aromatic N) is 1. The lowest BCUT2D eigenvalue weighted by molar-refractivity contribution is 0.669. The lowest BCUT2D eigenvalue weighted by atomic mass is 10.0. The van der Waals surface area contributed by atoms with Crippen LogP contribution in [0.25, 0.3) is 44.2 Å². The topological polar surface area (TPSA) is 16.4 Å². The summed E-state index contributed by atoms with van der Waals surface area (Å²) in [6.45, 7) is 0. The van der Waals surface area contributed by atoms with Gasteiger partial charge in [-0.15, -0.1) is 0 Å². The van der Waals surface area contributed by atoms with E-state index in [1.54, 1.807) is 0 Å². The van der Waals surface area contributed by atoms with Crippen LogP contribution in [0.3, 0.4) is 0 Å². The predicted octanol–water partition coefficient (Wildman–Crippen LogP) is 10.4. The van der Waals surface area contributed by atoms with Gasteiger partial charge in [0.2, 0.25) is 0 Å². The number of para-hydroxylation sites is 1. The number of hydrogen-bond acceptors (Lipinski definition) is 2. The first-order valence-electron chi connectivity index (χ1n) is 12.9. The van der Waals surface area contributed by atoms with Crippen LogP contribution < -0.4 is 4.90 Å². The molecule has 0 bridgehead atoms. The summed E-state index contributed by atoms with van der Waals surface area (Å²) >= 11 is 0. The van der Waals surface area contributed by atoms with E-state index in [9.17, 15) is 0 Å². The Kier molecular flexibility index (Phi) is 5.49. The largest absolute Gasteiger partial charge is 0.456 e. The molecule has 0 unspecified atom stereocenters. The van der Waals surface area contributed by atoms with Crippen LogP contribution in [0, 0.1) is 0 Å². The van der Waals surface area contributed by atoms with Gasteiger partial charge in [0.05, 0.1) is 0 Å². The molecule has 0 N–H and O–H groups in total. The molecule has 1 heterocycles. The Morgan fingerprint density at radius 3 is 1.66 bits per heavy atom. The first-order chi connectivity index (χ1) is 18.8. The SMILES string of the molecule is c1ccc(-c2ccc(N(c3cccc(-c4ccccc4)c3)c3ccc4c(c3)oc3ccccc34)cc2)cc1. The monoisotopic (exact) mass is 487 g/mol. The van der Waals surface area contributed by atoms with Crippen LogP contribution in [0.1, 0.15) is 0 Å². The maximum atomic E-state index is 6.26. The summed E-state index contributed by atoms with van der Waals surface area (Å²) in [5.41, 5.74) is 9.80. The van der Waals surface area contributed by atoms with Crippen LogP contribution in [0.15, 0.2) is 156 Å². The van der Waals surface area contributed by atoms with Crippen molar-refractivity contribution in [2.24, 2.45) is 0 Å².